The monoisotopic (exact) mass is 290 g/mol. The Morgan fingerprint density at radius 1 is 1.73 bits per heavy atom. The van der Waals surface area contributed by atoms with E-state index in [1.165, 1.54) is 11.3 Å². The molecule has 15 heavy (non-hydrogen) atoms. The largest absolute Gasteiger partial charge is 0.350 e. The van der Waals surface area contributed by atoms with Crippen LogP contribution in [0.15, 0.2) is 5.38 Å². The summed E-state index contributed by atoms with van der Waals surface area (Å²) in [4.78, 5) is 15.7. The third kappa shape index (κ3) is 4.30. The van der Waals surface area contributed by atoms with Crippen LogP contribution in [-0.2, 0) is 0 Å². The average Bonchev–Trinajstić information content (AvgIpc) is 2.62. The molecule has 5 heteroatoms. The van der Waals surface area contributed by atoms with Gasteiger partial charge >= 0.3 is 0 Å². The molecule has 0 aliphatic heterocycles. The summed E-state index contributed by atoms with van der Waals surface area (Å²) < 4.78 is 0. The number of carbonyl (C=O) groups excluding carboxylic acids is 1. The van der Waals surface area contributed by atoms with Crippen molar-refractivity contribution in [3.05, 3.63) is 16.1 Å². The fourth-order valence-corrected chi connectivity index (χ4v) is 2.49. The number of aryl methyl sites for hydroxylation is 1. The van der Waals surface area contributed by atoms with Crippen LogP contribution in [0.2, 0.25) is 0 Å². The molecule has 0 spiro atoms. The number of rotatable bonds is 5. The van der Waals surface area contributed by atoms with Gasteiger partial charge < -0.3 is 5.32 Å². The molecule has 84 valence electrons. The molecule has 1 amide bonds. The Kier molecular flexibility index (Phi) is 5.25. The molecule has 1 rings (SSSR count). The second-order valence-corrected chi connectivity index (χ2v) is 5.40. The van der Waals surface area contributed by atoms with Gasteiger partial charge in [0.25, 0.3) is 5.91 Å². The van der Waals surface area contributed by atoms with Crippen LogP contribution in [0.4, 0.5) is 0 Å². The van der Waals surface area contributed by atoms with Crippen molar-refractivity contribution < 1.29 is 4.79 Å². The van der Waals surface area contributed by atoms with Gasteiger partial charge in [0.1, 0.15) is 5.69 Å². The summed E-state index contributed by atoms with van der Waals surface area (Å²) in [5.74, 6) is 0.425. The first-order valence-electron chi connectivity index (χ1n) is 4.89. The number of thiazole rings is 1. The zero-order valence-electron chi connectivity index (χ0n) is 8.92. The van der Waals surface area contributed by atoms with E-state index >= 15 is 0 Å². The average molecular weight is 291 g/mol. The van der Waals surface area contributed by atoms with Gasteiger partial charge in [-0.2, -0.15) is 0 Å². The van der Waals surface area contributed by atoms with Crippen molar-refractivity contribution in [2.24, 2.45) is 5.92 Å². The van der Waals surface area contributed by atoms with Crippen LogP contribution < -0.4 is 5.32 Å². The molecule has 3 nitrogen and oxygen atoms in total. The van der Waals surface area contributed by atoms with Crippen molar-refractivity contribution in [2.45, 2.75) is 20.3 Å². The topological polar surface area (TPSA) is 42.0 Å². The van der Waals surface area contributed by atoms with E-state index in [0.29, 0.717) is 18.2 Å². The van der Waals surface area contributed by atoms with Crippen molar-refractivity contribution >= 4 is 33.2 Å². The molecule has 1 heterocycles. The highest BCUT2D eigenvalue weighted by Gasteiger charge is 2.10. The molecule has 0 aliphatic rings. The van der Waals surface area contributed by atoms with Gasteiger partial charge in [-0.05, 0) is 19.3 Å². The quantitative estimate of drug-likeness (QED) is 0.847. The molecular formula is C10H15BrN2OS. The Balaban J connectivity index is 2.36. The normalized spacial score (nSPS) is 12.5. The van der Waals surface area contributed by atoms with Crippen LogP contribution in [0.1, 0.15) is 28.8 Å². The molecule has 0 aromatic carbocycles. The summed E-state index contributed by atoms with van der Waals surface area (Å²) in [5.41, 5.74) is 0.531. The van der Waals surface area contributed by atoms with Crippen molar-refractivity contribution in [3.8, 4) is 0 Å². The Morgan fingerprint density at radius 2 is 2.47 bits per heavy atom. The molecule has 0 saturated heterocycles. The van der Waals surface area contributed by atoms with Crippen LogP contribution in [0.5, 0.6) is 0 Å². The van der Waals surface area contributed by atoms with E-state index in [0.717, 1.165) is 16.8 Å². The molecule has 1 unspecified atom stereocenters. The number of nitrogens with zero attached hydrogens (tertiary/aromatic N) is 1. The SMILES string of the molecule is Cc1nc(C(=O)NCC(C)CCBr)cs1. The van der Waals surface area contributed by atoms with E-state index in [1.807, 2.05) is 6.92 Å². The number of amides is 1. The van der Waals surface area contributed by atoms with Gasteiger partial charge in [-0.3, -0.25) is 4.79 Å². The lowest BCUT2D eigenvalue weighted by Gasteiger charge is -2.09. The number of hydrogen-bond acceptors (Lipinski definition) is 3. The highest BCUT2D eigenvalue weighted by molar-refractivity contribution is 9.09. The van der Waals surface area contributed by atoms with Crippen molar-refractivity contribution in [3.63, 3.8) is 0 Å². The second kappa shape index (κ2) is 6.23. The van der Waals surface area contributed by atoms with Crippen molar-refractivity contribution in [1.29, 1.82) is 0 Å². The highest BCUT2D eigenvalue weighted by Crippen LogP contribution is 2.08. The molecule has 1 atom stereocenters. The Labute approximate surface area is 102 Å². The maximum atomic E-state index is 11.6. The molecule has 1 aromatic rings. The predicted molar refractivity (Wildman–Crippen MR) is 66.8 cm³/mol. The standard InChI is InChI=1S/C10H15BrN2OS/c1-7(3-4-11)5-12-10(14)9-6-15-8(2)13-9/h6-7H,3-5H2,1-2H3,(H,12,14). The maximum absolute atomic E-state index is 11.6. The van der Waals surface area contributed by atoms with Crippen molar-refractivity contribution in [2.75, 3.05) is 11.9 Å². The summed E-state index contributed by atoms with van der Waals surface area (Å²) in [7, 11) is 0. The fraction of sp³-hybridized carbons (Fsp3) is 0.600. The van der Waals surface area contributed by atoms with Crippen LogP contribution in [0.3, 0.4) is 0 Å². The van der Waals surface area contributed by atoms with Gasteiger partial charge in [-0.1, -0.05) is 22.9 Å². The fourth-order valence-electron chi connectivity index (χ4n) is 1.11. The molecule has 0 saturated carbocycles. The summed E-state index contributed by atoms with van der Waals surface area (Å²) in [6, 6.07) is 0. The number of hydrogen-bond donors (Lipinski definition) is 1. The third-order valence-corrected chi connectivity index (χ3v) is 3.30. The minimum Gasteiger partial charge on any atom is -0.350 e. The lowest BCUT2D eigenvalue weighted by atomic mass is 10.1. The van der Waals surface area contributed by atoms with Crippen LogP contribution >= 0.6 is 27.3 Å². The van der Waals surface area contributed by atoms with E-state index in [-0.39, 0.29) is 5.91 Å². The highest BCUT2D eigenvalue weighted by atomic mass is 79.9. The van der Waals surface area contributed by atoms with Crippen molar-refractivity contribution in [1.82, 2.24) is 10.3 Å². The third-order valence-electron chi connectivity index (χ3n) is 2.06. The Morgan fingerprint density at radius 3 is 3.00 bits per heavy atom. The lowest BCUT2D eigenvalue weighted by Crippen LogP contribution is -2.28. The van der Waals surface area contributed by atoms with E-state index in [2.05, 4.69) is 33.2 Å². The van der Waals surface area contributed by atoms with Gasteiger partial charge in [0.15, 0.2) is 0 Å². The van der Waals surface area contributed by atoms with Gasteiger partial charge in [0.05, 0.1) is 5.01 Å². The molecule has 0 aliphatic carbocycles. The lowest BCUT2D eigenvalue weighted by molar-refractivity contribution is 0.0943. The number of alkyl halides is 1. The smallest absolute Gasteiger partial charge is 0.270 e. The first kappa shape index (κ1) is 12.6. The number of halogens is 1. The number of nitrogens with one attached hydrogen (secondary N) is 1. The maximum Gasteiger partial charge on any atom is 0.270 e. The van der Waals surface area contributed by atoms with E-state index in [4.69, 9.17) is 0 Å². The molecule has 1 N–H and O–H groups in total. The summed E-state index contributed by atoms with van der Waals surface area (Å²) in [6.45, 7) is 4.73. The van der Waals surface area contributed by atoms with Crippen LogP contribution in [0, 0.1) is 12.8 Å². The first-order chi connectivity index (χ1) is 7.13. The van der Waals surface area contributed by atoms with E-state index in [1.54, 1.807) is 5.38 Å². The molecular weight excluding hydrogens is 276 g/mol. The van der Waals surface area contributed by atoms with Gasteiger partial charge in [-0.15, -0.1) is 11.3 Å². The van der Waals surface area contributed by atoms with E-state index in [9.17, 15) is 4.79 Å². The summed E-state index contributed by atoms with van der Waals surface area (Å²) in [6.07, 6.45) is 1.07. The van der Waals surface area contributed by atoms with E-state index < -0.39 is 0 Å². The van der Waals surface area contributed by atoms with Crippen LogP contribution in [0.25, 0.3) is 0 Å². The van der Waals surface area contributed by atoms with Crippen LogP contribution in [-0.4, -0.2) is 22.8 Å². The minimum atomic E-state index is -0.0687. The van der Waals surface area contributed by atoms with Gasteiger partial charge in [-0.25, -0.2) is 4.98 Å². The van der Waals surface area contributed by atoms with Gasteiger partial charge in [0, 0.05) is 17.3 Å². The predicted octanol–water partition coefficient (Wildman–Crippen LogP) is 2.60. The minimum absolute atomic E-state index is 0.0687. The molecule has 0 bridgehead atoms. The molecule has 1 aromatic heterocycles. The summed E-state index contributed by atoms with van der Waals surface area (Å²) in [5, 5.41) is 6.57. The zero-order valence-corrected chi connectivity index (χ0v) is 11.3. The zero-order chi connectivity index (χ0) is 11.3. The number of aromatic nitrogens is 1. The Hall–Kier alpha value is -0.420. The second-order valence-electron chi connectivity index (χ2n) is 3.54. The first-order valence-corrected chi connectivity index (χ1v) is 6.90. The number of carbonyl (C=O) groups is 1. The summed E-state index contributed by atoms with van der Waals surface area (Å²) >= 11 is 4.88. The molecule has 0 fully saturated rings. The molecule has 0 radical (unpaired) electrons. The Bertz CT molecular complexity index is 327. The van der Waals surface area contributed by atoms with Gasteiger partial charge in [0.2, 0.25) is 0 Å².